The Morgan fingerprint density at radius 3 is 2.52 bits per heavy atom. The van der Waals surface area contributed by atoms with Gasteiger partial charge in [0.2, 0.25) is 0 Å². The van der Waals surface area contributed by atoms with Gasteiger partial charge in [0.15, 0.2) is 5.70 Å². The zero-order valence-electron chi connectivity index (χ0n) is 14.7. The summed E-state index contributed by atoms with van der Waals surface area (Å²) in [4.78, 5) is 11.8. The molecule has 0 aliphatic heterocycles. The molecule has 1 aliphatic carbocycles. The monoisotopic (exact) mass is 405 g/mol. The van der Waals surface area contributed by atoms with Crippen LogP contribution in [-0.4, -0.2) is 24.2 Å². The molecule has 1 fully saturated rings. The highest BCUT2D eigenvalue weighted by Gasteiger charge is 2.32. The van der Waals surface area contributed by atoms with Crippen LogP contribution in [0.25, 0.3) is 0 Å². The fourth-order valence-electron chi connectivity index (χ4n) is 2.96. The van der Waals surface area contributed by atoms with Crippen molar-refractivity contribution in [3.8, 4) is 5.75 Å². The average Bonchev–Trinajstić information content (AvgIpc) is 3.03. The second kappa shape index (κ2) is 9.23. The van der Waals surface area contributed by atoms with E-state index in [-0.39, 0.29) is 34.3 Å². The van der Waals surface area contributed by atoms with Gasteiger partial charge in [-0.05, 0) is 49.8 Å². The molecule has 1 aromatic rings. The van der Waals surface area contributed by atoms with Crippen molar-refractivity contribution in [1.82, 2.24) is 5.43 Å². The lowest BCUT2D eigenvalue weighted by Crippen LogP contribution is -2.31. The summed E-state index contributed by atoms with van der Waals surface area (Å²) in [6.07, 6.45) is -2.19. The Labute approximate surface area is 159 Å². The van der Waals surface area contributed by atoms with E-state index in [2.05, 4.69) is 10.2 Å². The van der Waals surface area contributed by atoms with Crippen molar-refractivity contribution in [1.29, 1.82) is 0 Å². The van der Waals surface area contributed by atoms with Gasteiger partial charge in [0.25, 0.3) is 0 Å². The lowest BCUT2D eigenvalue weighted by molar-refractivity contribution is -0.274. The van der Waals surface area contributed by atoms with Crippen molar-refractivity contribution >= 4 is 17.7 Å². The van der Waals surface area contributed by atoms with Gasteiger partial charge in [-0.1, -0.05) is 12.1 Å². The molecule has 27 heavy (non-hydrogen) atoms. The van der Waals surface area contributed by atoms with E-state index in [1.165, 1.54) is 23.9 Å². The number of alkyl halides is 3. The molecule has 0 bridgehead atoms. The third-order valence-corrected chi connectivity index (χ3v) is 5.35. The van der Waals surface area contributed by atoms with Gasteiger partial charge in [0.1, 0.15) is 5.75 Å². The highest BCUT2D eigenvalue weighted by molar-refractivity contribution is 8.03. The number of carbonyl (C=O) groups is 1. The van der Waals surface area contributed by atoms with Crippen LogP contribution in [0.3, 0.4) is 0 Å². The average molecular weight is 405 g/mol. The van der Waals surface area contributed by atoms with Gasteiger partial charge in [-0.2, -0.15) is 0 Å². The summed E-state index contributed by atoms with van der Waals surface area (Å²) in [5, 5.41) is 0.425. The third kappa shape index (κ3) is 6.24. The quantitative estimate of drug-likeness (QED) is 0.277. The molecule has 0 radical (unpaired) electrons. The van der Waals surface area contributed by atoms with Crippen molar-refractivity contribution in [2.75, 3.05) is 6.61 Å². The molecule has 10 heteroatoms. The maximum absolute atomic E-state index is 12.2. The van der Waals surface area contributed by atoms with E-state index < -0.39 is 12.3 Å². The van der Waals surface area contributed by atoms with Gasteiger partial charge in [0, 0.05) is 5.25 Å². The first-order valence-corrected chi connectivity index (χ1v) is 9.27. The normalized spacial score (nSPS) is 20.8. The van der Waals surface area contributed by atoms with Crippen LogP contribution >= 0.6 is 11.8 Å². The van der Waals surface area contributed by atoms with E-state index in [9.17, 15) is 18.0 Å². The van der Waals surface area contributed by atoms with E-state index in [4.69, 9.17) is 16.3 Å². The van der Waals surface area contributed by atoms with Gasteiger partial charge in [0.05, 0.1) is 11.6 Å². The van der Waals surface area contributed by atoms with Crippen molar-refractivity contribution < 1.29 is 27.4 Å². The first-order chi connectivity index (χ1) is 12.7. The SMILES string of the molecule is CCOC(=O)/C(NN)=C(/N)SC1CCC(c2ccc(OC(F)(F)F)cc2)C1. The molecule has 150 valence electrons. The van der Waals surface area contributed by atoms with Crippen LogP contribution in [0.1, 0.15) is 37.7 Å². The van der Waals surface area contributed by atoms with E-state index in [1.807, 2.05) is 0 Å². The fourth-order valence-corrected chi connectivity index (χ4v) is 4.17. The molecule has 2 atom stereocenters. The van der Waals surface area contributed by atoms with Crippen molar-refractivity contribution in [2.45, 2.75) is 43.7 Å². The molecule has 2 unspecified atom stereocenters. The van der Waals surface area contributed by atoms with E-state index in [0.29, 0.717) is 0 Å². The zero-order valence-corrected chi connectivity index (χ0v) is 15.5. The summed E-state index contributed by atoms with van der Waals surface area (Å²) in [6.45, 7) is 1.89. The molecule has 0 heterocycles. The van der Waals surface area contributed by atoms with E-state index >= 15 is 0 Å². The van der Waals surface area contributed by atoms with Gasteiger partial charge >= 0.3 is 12.3 Å². The predicted molar refractivity (Wildman–Crippen MR) is 96.3 cm³/mol. The summed E-state index contributed by atoms with van der Waals surface area (Å²) >= 11 is 1.34. The van der Waals surface area contributed by atoms with Crippen LogP contribution < -0.4 is 21.7 Å². The van der Waals surface area contributed by atoms with Crippen LogP contribution in [0, 0.1) is 0 Å². The lowest BCUT2D eigenvalue weighted by atomic mass is 9.98. The number of esters is 1. The second-order valence-electron chi connectivity index (χ2n) is 5.97. The van der Waals surface area contributed by atoms with Crippen molar-refractivity contribution in [3.63, 3.8) is 0 Å². The van der Waals surface area contributed by atoms with E-state index in [0.717, 1.165) is 24.8 Å². The number of nitrogens with two attached hydrogens (primary N) is 2. The number of halogens is 3. The fraction of sp³-hybridized carbons (Fsp3) is 0.471. The Balaban J connectivity index is 1.97. The van der Waals surface area contributed by atoms with E-state index in [1.54, 1.807) is 19.1 Å². The third-order valence-electron chi connectivity index (χ3n) is 4.13. The van der Waals surface area contributed by atoms with Crippen LogP contribution in [0.5, 0.6) is 5.75 Å². The standard InChI is InChI=1S/C17H22F3N3O3S/c1-2-25-16(24)14(23-22)15(21)27-13-8-5-11(9-13)10-3-6-12(7-4-10)26-17(18,19)20/h3-4,6-7,11,13,23H,2,5,8-9,21-22H2,1H3/b15-14+. The maximum atomic E-state index is 12.2. The summed E-state index contributed by atoms with van der Waals surface area (Å²) in [5.74, 6) is 4.71. The van der Waals surface area contributed by atoms with Crippen LogP contribution in [0.2, 0.25) is 0 Å². The molecule has 1 aromatic carbocycles. The Kier molecular flexibility index (Phi) is 7.25. The molecule has 0 aromatic heterocycles. The largest absolute Gasteiger partial charge is 0.573 e. The summed E-state index contributed by atoms with van der Waals surface area (Å²) < 4.78 is 45.5. The van der Waals surface area contributed by atoms with Crippen LogP contribution in [0.15, 0.2) is 35.0 Å². The highest BCUT2D eigenvalue weighted by atomic mass is 32.2. The number of carbonyl (C=O) groups excluding carboxylic acids is 1. The number of ether oxygens (including phenoxy) is 2. The molecular weight excluding hydrogens is 383 g/mol. The number of nitrogens with one attached hydrogen (secondary N) is 1. The number of thioether (sulfide) groups is 1. The van der Waals surface area contributed by atoms with Gasteiger partial charge in [-0.15, -0.1) is 24.9 Å². The zero-order chi connectivity index (χ0) is 20.0. The Morgan fingerprint density at radius 2 is 1.96 bits per heavy atom. The Hall–Kier alpha value is -2.07. The first kappa shape index (κ1) is 21.2. The van der Waals surface area contributed by atoms with Crippen molar-refractivity contribution in [3.05, 3.63) is 40.6 Å². The second-order valence-corrected chi connectivity index (χ2v) is 7.31. The van der Waals surface area contributed by atoms with Gasteiger partial charge in [-0.3, -0.25) is 5.84 Å². The Bertz CT molecular complexity index is 680. The van der Waals surface area contributed by atoms with Gasteiger partial charge in [-0.25, -0.2) is 4.79 Å². The number of hydrogen-bond donors (Lipinski definition) is 3. The predicted octanol–water partition coefficient (Wildman–Crippen LogP) is 3.11. The minimum Gasteiger partial charge on any atom is -0.461 e. The molecule has 0 spiro atoms. The number of hydrazine groups is 1. The lowest BCUT2D eigenvalue weighted by Gasteiger charge is -2.15. The molecule has 5 N–H and O–H groups in total. The summed E-state index contributed by atoms with van der Waals surface area (Å²) in [6, 6.07) is 5.91. The molecule has 6 nitrogen and oxygen atoms in total. The highest BCUT2D eigenvalue weighted by Crippen LogP contribution is 2.42. The molecule has 1 aliphatic rings. The van der Waals surface area contributed by atoms with Crippen molar-refractivity contribution in [2.24, 2.45) is 11.6 Å². The molecular formula is C17H22F3N3O3S. The number of benzene rings is 1. The Morgan fingerprint density at radius 1 is 1.30 bits per heavy atom. The van der Waals surface area contributed by atoms with Crippen LogP contribution in [-0.2, 0) is 9.53 Å². The topological polar surface area (TPSA) is 99.6 Å². The van der Waals surface area contributed by atoms with Crippen LogP contribution in [0.4, 0.5) is 13.2 Å². The maximum Gasteiger partial charge on any atom is 0.573 e. The number of rotatable bonds is 7. The molecule has 0 saturated heterocycles. The summed E-state index contributed by atoms with van der Waals surface area (Å²) in [7, 11) is 0. The first-order valence-electron chi connectivity index (χ1n) is 8.39. The number of hydrogen-bond acceptors (Lipinski definition) is 7. The molecule has 1 saturated carbocycles. The molecule has 2 rings (SSSR count). The smallest absolute Gasteiger partial charge is 0.461 e. The minimum absolute atomic E-state index is 0.0268. The van der Waals surface area contributed by atoms with Gasteiger partial charge < -0.3 is 20.6 Å². The minimum atomic E-state index is -4.70. The summed E-state index contributed by atoms with van der Waals surface area (Å²) in [5.41, 5.74) is 9.23. The molecule has 0 amide bonds.